The molecule has 0 aromatic rings. The molecule has 0 N–H and O–H groups in total. The first-order valence-corrected chi connectivity index (χ1v) is 3.10. The van der Waals surface area contributed by atoms with Gasteiger partial charge in [-0.3, -0.25) is 0 Å². The zero-order valence-corrected chi connectivity index (χ0v) is 5.29. The minimum atomic E-state index is -0.200. The van der Waals surface area contributed by atoms with Gasteiger partial charge in [-0.15, -0.1) is 0 Å². The van der Waals surface area contributed by atoms with E-state index in [2.05, 4.69) is 0 Å². The molecule has 42 valence electrons. The quantitative estimate of drug-likeness (QED) is 0.431. The minimum Gasteiger partial charge on any atom is -0.386 e. The molecule has 1 heterocycles. The molecule has 4 heteroatoms. The summed E-state index contributed by atoms with van der Waals surface area (Å²) in [6.45, 7) is 0. The summed E-state index contributed by atoms with van der Waals surface area (Å²) in [6.07, 6.45) is 1.16. The Labute approximate surface area is 59.8 Å². The van der Waals surface area contributed by atoms with Crippen molar-refractivity contribution in [2.75, 3.05) is 0 Å². The summed E-state index contributed by atoms with van der Waals surface area (Å²) < 4.78 is 5.15. The van der Waals surface area contributed by atoms with Crippen molar-refractivity contribution in [1.29, 1.82) is 0 Å². The van der Waals surface area contributed by atoms with Crippen molar-refractivity contribution in [3.63, 3.8) is 0 Å². The number of rotatable bonds is 1. The lowest BCUT2D eigenvalue weighted by molar-refractivity contribution is 0.102. The molecule has 0 aromatic heterocycles. The molecule has 0 spiro atoms. The van der Waals surface area contributed by atoms with E-state index in [0.29, 0.717) is 6.32 Å². The fraction of sp³-hybridized carbons (Fsp3) is 1.00. The highest BCUT2D eigenvalue weighted by Gasteiger charge is 2.26. The normalized spacial score (nSPS) is 43.3. The molecular weight excluding hydrogens is 108 g/mol. The Morgan fingerprint density at radius 3 is 2.33 bits per heavy atom. The van der Waals surface area contributed by atoms with Crippen molar-refractivity contribution in [1.82, 2.24) is 0 Å². The molecule has 1 saturated heterocycles. The second-order valence-corrected chi connectivity index (χ2v) is 2.35. The highest BCUT2D eigenvalue weighted by Crippen LogP contribution is 2.28. The van der Waals surface area contributed by atoms with Gasteiger partial charge in [-0.05, 0) is 6.42 Å². The third-order valence-corrected chi connectivity index (χ3v) is 1.56. The Kier molecular flexibility index (Phi) is 2.28. The van der Waals surface area contributed by atoms with Crippen LogP contribution >= 0.6 is 0 Å². The van der Waals surface area contributed by atoms with Crippen molar-refractivity contribution in [3.8, 4) is 0 Å². The maximum atomic E-state index is 5.59. The highest BCUT2D eigenvalue weighted by molar-refractivity contribution is 6.16. The van der Waals surface area contributed by atoms with Crippen LogP contribution in [0.2, 0.25) is 12.1 Å². The van der Waals surface area contributed by atoms with E-state index in [4.69, 9.17) is 28.3 Å². The van der Waals surface area contributed by atoms with Crippen LogP contribution in [0.5, 0.6) is 0 Å². The molecule has 0 unspecified atom stereocenters. The molecule has 1 rings (SSSR count). The smallest absolute Gasteiger partial charge is 0.108 e. The van der Waals surface area contributed by atoms with Crippen molar-refractivity contribution in [3.05, 3.63) is 0 Å². The lowest BCUT2D eigenvalue weighted by Gasteiger charge is -2.11. The van der Waals surface area contributed by atoms with Gasteiger partial charge in [-0.25, -0.2) is 0 Å². The Hall–Kier alpha value is 0.155. The molecule has 6 radical (unpaired) electrons. The summed E-state index contributed by atoms with van der Waals surface area (Å²) in [6, 6.07) is -0.200. The Morgan fingerprint density at radius 2 is 2.11 bits per heavy atom. The molecule has 1 fully saturated rings. The first-order valence-electron chi connectivity index (χ1n) is 3.10. The van der Waals surface area contributed by atoms with Gasteiger partial charge in [0, 0.05) is 12.1 Å². The van der Waals surface area contributed by atoms with E-state index in [-0.39, 0.29) is 17.9 Å². The van der Waals surface area contributed by atoms with Crippen molar-refractivity contribution < 1.29 is 4.74 Å². The summed E-state index contributed by atoms with van der Waals surface area (Å²) in [5.74, 6) is 0.0324. The average Bonchev–Trinajstić information content (AvgIpc) is 2.10. The molecule has 1 nitrogen and oxygen atoms in total. The molecule has 0 bridgehead atoms. The molecule has 1 aliphatic heterocycles. The van der Waals surface area contributed by atoms with Crippen LogP contribution in [0, 0.1) is 0 Å². The van der Waals surface area contributed by atoms with Crippen LogP contribution in [0.4, 0.5) is 0 Å². The first kappa shape index (κ1) is 7.26. The van der Waals surface area contributed by atoms with Gasteiger partial charge in [-0.1, -0.05) is 12.1 Å². The monoisotopic (exact) mass is 116 g/mol. The third-order valence-electron chi connectivity index (χ3n) is 1.56. The van der Waals surface area contributed by atoms with Crippen LogP contribution in [0.15, 0.2) is 0 Å². The molecule has 1 aliphatic rings. The topological polar surface area (TPSA) is 9.23 Å². The summed E-state index contributed by atoms with van der Waals surface area (Å²) in [4.78, 5) is 0. The van der Waals surface area contributed by atoms with Gasteiger partial charge < -0.3 is 4.74 Å². The Morgan fingerprint density at radius 1 is 1.44 bits per heavy atom. The van der Waals surface area contributed by atoms with E-state index in [1.54, 1.807) is 0 Å². The molecule has 0 aromatic carbocycles. The Balaban J connectivity index is 2.38. The van der Waals surface area contributed by atoms with Gasteiger partial charge in [0.25, 0.3) is 0 Å². The summed E-state index contributed by atoms with van der Waals surface area (Å²) in [5, 5.41) is 0. The van der Waals surface area contributed by atoms with Gasteiger partial charge in [0.05, 0.1) is 15.7 Å². The van der Waals surface area contributed by atoms with Gasteiger partial charge in [-0.2, -0.15) is 0 Å². The maximum Gasteiger partial charge on any atom is 0.108 e. The van der Waals surface area contributed by atoms with E-state index < -0.39 is 0 Å². The zero-order chi connectivity index (χ0) is 6.85. The van der Waals surface area contributed by atoms with Gasteiger partial charge in [0.2, 0.25) is 0 Å². The van der Waals surface area contributed by atoms with Crippen LogP contribution in [-0.2, 0) is 4.74 Å². The standard InChI is InChI=1S/C5H7B3O/c6-2-4-3(7)1-5(8)9-4/h3-5H,1-2H2/t3-,4+,5+/m1/s1. The molecule has 9 heavy (non-hydrogen) atoms. The predicted octanol–water partition coefficient (Wildman–Crippen LogP) is -0.186. The van der Waals surface area contributed by atoms with Crippen LogP contribution in [0.1, 0.15) is 6.42 Å². The largest absolute Gasteiger partial charge is 0.386 e. The van der Waals surface area contributed by atoms with E-state index in [1.807, 2.05) is 0 Å². The molecule has 3 atom stereocenters. The first-order chi connectivity index (χ1) is 4.24. The van der Waals surface area contributed by atoms with Crippen LogP contribution in [0.3, 0.4) is 0 Å². The molecule has 0 saturated carbocycles. The lowest BCUT2D eigenvalue weighted by Crippen LogP contribution is -2.11. The average molecular weight is 116 g/mol. The fourth-order valence-corrected chi connectivity index (χ4v) is 1.03. The van der Waals surface area contributed by atoms with Gasteiger partial charge in [0.1, 0.15) is 7.85 Å². The molecular formula is C5H7B3O. The van der Waals surface area contributed by atoms with Crippen LogP contribution in [0.25, 0.3) is 0 Å². The van der Waals surface area contributed by atoms with Crippen molar-refractivity contribution in [2.24, 2.45) is 0 Å². The number of ether oxygens (including phenoxy) is 1. The van der Waals surface area contributed by atoms with E-state index in [9.17, 15) is 0 Å². The maximum absolute atomic E-state index is 5.59. The van der Waals surface area contributed by atoms with Crippen molar-refractivity contribution >= 4 is 23.5 Å². The summed E-state index contributed by atoms with van der Waals surface area (Å²) in [7, 11) is 16.4. The van der Waals surface area contributed by atoms with Crippen molar-refractivity contribution in [2.45, 2.75) is 30.7 Å². The Bertz CT molecular complexity index is 98.2. The minimum absolute atomic E-state index is 0.0278. The van der Waals surface area contributed by atoms with Gasteiger partial charge >= 0.3 is 0 Å². The second kappa shape index (κ2) is 2.83. The van der Waals surface area contributed by atoms with Crippen LogP contribution in [-0.4, -0.2) is 35.6 Å². The SMILES string of the molecule is [B]C[C@@H]1O[C@H]([B])C[C@H]1[B]. The summed E-state index contributed by atoms with van der Waals surface area (Å²) in [5.41, 5.74) is 0. The van der Waals surface area contributed by atoms with Gasteiger partial charge in [0.15, 0.2) is 0 Å². The van der Waals surface area contributed by atoms with E-state index in [0.717, 1.165) is 6.42 Å². The molecule has 0 aliphatic carbocycles. The zero-order valence-electron chi connectivity index (χ0n) is 5.29. The second-order valence-electron chi connectivity index (χ2n) is 2.35. The number of hydrogen-bond donors (Lipinski definition) is 0. The summed E-state index contributed by atoms with van der Waals surface area (Å²) >= 11 is 0. The van der Waals surface area contributed by atoms with E-state index >= 15 is 0 Å². The molecule has 0 amide bonds. The fourth-order valence-electron chi connectivity index (χ4n) is 1.03. The third kappa shape index (κ3) is 1.54. The number of hydrogen-bond acceptors (Lipinski definition) is 1. The van der Waals surface area contributed by atoms with E-state index in [1.165, 1.54) is 0 Å². The predicted molar refractivity (Wildman–Crippen MR) is 39.1 cm³/mol. The highest BCUT2D eigenvalue weighted by atomic mass is 16.5. The lowest BCUT2D eigenvalue weighted by atomic mass is 9.75. The van der Waals surface area contributed by atoms with Crippen LogP contribution < -0.4 is 0 Å².